The van der Waals surface area contributed by atoms with Crippen LogP contribution < -0.4 is 5.46 Å². The highest BCUT2D eigenvalue weighted by Crippen LogP contribution is 2.42. The van der Waals surface area contributed by atoms with E-state index < -0.39 is 0 Å². The third-order valence-corrected chi connectivity index (χ3v) is 4.70. The summed E-state index contributed by atoms with van der Waals surface area (Å²) < 4.78 is 0. The fourth-order valence-electron chi connectivity index (χ4n) is 2.41. The van der Waals surface area contributed by atoms with E-state index in [0.29, 0.717) is 5.92 Å². The molecule has 0 aromatic heterocycles. The van der Waals surface area contributed by atoms with Crippen LogP contribution in [0.3, 0.4) is 0 Å². The first kappa shape index (κ1) is 16.7. The van der Waals surface area contributed by atoms with Crippen LogP contribution in [0.2, 0.25) is 0 Å². The molecule has 1 atom stereocenters. The van der Waals surface area contributed by atoms with Crippen molar-refractivity contribution in [2.45, 2.75) is 71.6 Å². The molecule has 0 heterocycles. The van der Waals surface area contributed by atoms with Crippen LogP contribution in [0.25, 0.3) is 0 Å². The zero-order chi connectivity index (χ0) is 15.2. The maximum absolute atomic E-state index is 6.17. The Kier molecular flexibility index (Phi) is 4.57. The van der Waals surface area contributed by atoms with Crippen molar-refractivity contribution in [3.05, 3.63) is 22.8 Å². The third kappa shape index (κ3) is 3.39. The first-order chi connectivity index (χ1) is 8.37. The summed E-state index contributed by atoms with van der Waals surface area (Å²) in [4.78, 5) is 1.05. The monoisotopic (exact) mass is 274 g/mol. The Hall–Kier alpha value is -0.365. The van der Waals surface area contributed by atoms with Crippen molar-refractivity contribution in [3.8, 4) is 0 Å². The van der Waals surface area contributed by atoms with Gasteiger partial charge >= 0.3 is 0 Å². The lowest BCUT2D eigenvalue weighted by molar-refractivity contribution is 0.334. The highest BCUT2D eigenvalue weighted by molar-refractivity contribution is 7.80. The van der Waals surface area contributed by atoms with Crippen LogP contribution in [0, 0.1) is 12.3 Å². The molecule has 19 heavy (non-hydrogen) atoms. The van der Waals surface area contributed by atoms with Crippen LogP contribution in [0.15, 0.2) is 11.0 Å². The van der Waals surface area contributed by atoms with Gasteiger partial charge in [-0.15, -0.1) is 12.6 Å². The molecule has 104 valence electrons. The van der Waals surface area contributed by atoms with E-state index in [1.807, 2.05) is 0 Å². The van der Waals surface area contributed by atoms with E-state index >= 15 is 0 Å². The largest absolute Gasteiger partial charge is 0.143 e. The van der Waals surface area contributed by atoms with E-state index in [-0.39, 0.29) is 10.8 Å². The van der Waals surface area contributed by atoms with Crippen LogP contribution in [0.4, 0.5) is 0 Å². The molecule has 0 bridgehead atoms. The molecule has 2 heteroatoms. The topological polar surface area (TPSA) is 0 Å². The fraction of sp³-hybridized carbons (Fsp3) is 0.647. The molecule has 1 rings (SSSR count). The van der Waals surface area contributed by atoms with E-state index in [0.717, 1.165) is 15.9 Å². The number of thiol groups is 1. The third-order valence-electron chi connectivity index (χ3n) is 4.14. The molecule has 0 spiro atoms. The van der Waals surface area contributed by atoms with E-state index in [9.17, 15) is 0 Å². The molecule has 0 aliphatic rings. The van der Waals surface area contributed by atoms with Gasteiger partial charge in [-0.2, -0.15) is 0 Å². The second-order valence-electron chi connectivity index (χ2n) is 7.74. The summed E-state index contributed by atoms with van der Waals surface area (Å²) in [6, 6.07) is 2.16. The number of rotatable bonds is 1. The number of benzene rings is 1. The molecule has 1 unspecified atom stereocenters. The van der Waals surface area contributed by atoms with Gasteiger partial charge in [-0.05, 0) is 40.4 Å². The standard InChI is InChI=1S/C17H27BS/c1-10-13(18)9-12(11(2)16(3,4)5)14(15(10)19)17(6,7)8/h9,11,19H,1-8H3. The molecule has 1 aromatic carbocycles. The lowest BCUT2D eigenvalue weighted by Crippen LogP contribution is -2.26. The summed E-state index contributed by atoms with van der Waals surface area (Å²) in [5, 5.41) is 0. The van der Waals surface area contributed by atoms with Crippen molar-refractivity contribution in [2.75, 3.05) is 0 Å². The second kappa shape index (κ2) is 5.20. The molecule has 2 radical (unpaired) electrons. The van der Waals surface area contributed by atoms with Crippen LogP contribution >= 0.6 is 12.6 Å². The van der Waals surface area contributed by atoms with Gasteiger partial charge in [0.25, 0.3) is 0 Å². The van der Waals surface area contributed by atoms with Gasteiger partial charge in [0.15, 0.2) is 0 Å². The van der Waals surface area contributed by atoms with E-state index in [1.165, 1.54) is 11.1 Å². The SMILES string of the molecule is [B]c1cc(C(C)C(C)(C)C)c(C(C)(C)C)c(S)c1C. The highest BCUT2D eigenvalue weighted by atomic mass is 32.1. The summed E-state index contributed by atoms with van der Waals surface area (Å²) in [7, 11) is 6.17. The van der Waals surface area contributed by atoms with Gasteiger partial charge in [0.05, 0.1) is 0 Å². The van der Waals surface area contributed by atoms with Gasteiger partial charge in [0, 0.05) is 4.90 Å². The molecule has 0 N–H and O–H groups in total. The summed E-state index contributed by atoms with van der Waals surface area (Å²) in [5.41, 5.74) is 4.91. The number of hydrogen-bond donors (Lipinski definition) is 1. The number of hydrogen-bond acceptors (Lipinski definition) is 1. The maximum atomic E-state index is 6.17. The van der Waals surface area contributed by atoms with Gasteiger partial charge in [0.2, 0.25) is 0 Å². The Morgan fingerprint density at radius 2 is 1.58 bits per heavy atom. The lowest BCUT2D eigenvalue weighted by atomic mass is 9.70. The molecule has 0 fully saturated rings. The van der Waals surface area contributed by atoms with Crippen molar-refractivity contribution in [1.82, 2.24) is 0 Å². The van der Waals surface area contributed by atoms with E-state index in [1.54, 1.807) is 0 Å². The van der Waals surface area contributed by atoms with Gasteiger partial charge in [-0.25, -0.2) is 0 Å². The first-order valence-corrected chi connectivity index (χ1v) is 7.44. The van der Waals surface area contributed by atoms with Crippen molar-refractivity contribution < 1.29 is 0 Å². The zero-order valence-electron chi connectivity index (χ0n) is 13.7. The summed E-state index contributed by atoms with van der Waals surface area (Å²) in [6.07, 6.45) is 0. The smallest absolute Gasteiger partial charge is 0.114 e. The normalized spacial score (nSPS) is 14.6. The quantitative estimate of drug-likeness (QED) is 0.564. The summed E-state index contributed by atoms with van der Waals surface area (Å²) in [6.45, 7) is 17.9. The Bertz CT molecular complexity index is 476. The van der Waals surface area contributed by atoms with Crippen LogP contribution in [-0.4, -0.2) is 7.85 Å². The minimum absolute atomic E-state index is 0.0738. The Balaban J connectivity index is 3.64. The molecular weight excluding hydrogens is 247 g/mol. The Morgan fingerprint density at radius 1 is 1.11 bits per heavy atom. The van der Waals surface area contributed by atoms with Crippen LogP contribution in [0.5, 0.6) is 0 Å². The molecule has 0 aliphatic carbocycles. The van der Waals surface area contributed by atoms with E-state index in [2.05, 4.69) is 61.5 Å². The molecule has 1 aromatic rings. The summed E-state index contributed by atoms with van der Waals surface area (Å²) in [5.74, 6) is 0.440. The van der Waals surface area contributed by atoms with Gasteiger partial charge in [-0.1, -0.05) is 60.0 Å². The zero-order valence-corrected chi connectivity index (χ0v) is 14.6. The van der Waals surface area contributed by atoms with Crippen molar-refractivity contribution >= 4 is 25.9 Å². The highest BCUT2D eigenvalue weighted by Gasteiger charge is 2.30. The molecule has 0 saturated carbocycles. The maximum Gasteiger partial charge on any atom is 0.114 e. The predicted octanol–water partition coefficient (Wildman–Crippen LogP) is 4.52. The van der Waals surface area contributed by atoms with Gasteiger partial charge in [-0.3, -0.25) is 0 Å². The Morgan fingerprint density at radius 3 is 1.95 bits per heavy atom. The van der Waals surface area contributed by atoms with Crippen LogP contribution in [0.1, 0.15) is 71.1 Å². The Labute approximate surface area is 126 Å². The predicted molar refractivity (Wildman–Crippen MR) is 90.4 cm³/mol. The molecule has 0 nitrogen and oxygen atoms in total. The van der Waals surface area contributed by atoms with Crippen LogP contribution in [-0.2, 0) is 5.41 Å². The minimum Gasteiger partial charge on any atom is -0.143 e. The average Bonchev–Trinajstić information content (AvgIpc) is 2.20. The van der Waals surface area contributed by atoms with Gasteiger partial charge in [0.1, 0.15) is 7.85 Å². The fourth-order valence-corrected chi connectivity index (χ4v) is 3.00. The van der Waals surface area contributed by atoms with E-state index in [4.69, 9.17) is 20.5 Å². The molecule has 0 saturated heterocycles. The average molecular weight is 274 g/mol. The van der Waals surface area contributed by atoms with Gasteiger partial charge < -0.3 is 0 Å². The van der Waals surface area contributed by atoms with Crippen molar-refractivity contribution in [1.29, 1.82) is 0 Å². The molecule has 0 aliphatic heterocycles. The minimum atomic E-state index is 0.0738. The molecular formula is C17H27BS. The van der Waals surface area contributed by atoms with Crippen molar-refractivity contribution in [2.24, 2.45) is 5.41 Å². The molecule has 0 amide bonds. The second-order valence-corrected chi connectivity index (χ2v) is 8.19. The lowest BCUT2D eigenvalue weighted by Gasteiger charge is -2.35. The van der Waals surface area contributed by atoms with Crippen molar-refractivity contribution in [3.63, 3.8) is 0 Å². The summed E-state index contributed by atoms with van der Waals surface area (Å²) >= 11 is 4.75. The first-order valence-electron chi connectivity index (χ1n) is 6.99.